The third-order valence-corrected chi connectivity index (χ3v) is 5.45. The van der Waals surface area contributed by atoms with Crippen LogP contribution in [0.1, 0.15) is 18.5 Å². The minimum Gasteiger partial charge on any atom is -0.363 e. The predicted molar refractivity (Wildman–Crippen MR) is 70.9 cm³/mol. The van der Waals surface area contributed by atoms with E-state index < -0.39 is 20.0 Å². The molecule has 104 valence electrons. The standard InChI is InChI=1S/C11H15N3O4S/c1-8-4-5-10(14(15)16)11(13-8)12-7-9-3-2-6-19(9,17)18/h4-5,9H,2-3,6-7H2,1H3,(H,12,13). The van der Waals surface area contributed by atoms with E-state index in [0.717, 1.165) is 0 Å². The zero-order valence-electron chi connectivity index (χ0n) is 10.5. The van der Waals surface area contributed by atoms with Crippen LogP contribution in [0.3, 0.4) is 0 Å². The topological polar surface area (TPSA) is 102 Å². The number of anilines is 1. The van der Waals surface area contributed by atoms with Gasteiger partial charge in [0.2, 0.25) is 5.82 Å². The molecular formula is C11H15N3O4S. The molecule has 0 aliphatic carbocycles. The highest BCUT2D eigenvalue weighted by Gasteiger charge is 2.31. The number of sulfone groups is 1. The molecule has 1 saturated heterocycles. The Kier molecular flexibility index (Phi) is 3.70. The van der Waals surface area contributed by atoms with E-state index in [2.05, 4.69) is 10.3 Å². The predicted octanol–water partition coefficient (Wildman–Crippen LogP) is 1.29. The number of rotatable bonds is 4. The lowest BCUT2D eigenvalue weighted by Crippen LogP contribution is -2.25. The van der Waals surface area contributed by atoms with Crippen LogP contribution >= 0.6 is 0 Å². The smallest absolute Gasteiger partial charge is 0.311 e. The van der Waals surface area contributed by atoms with Crippen LogP contribution in [0.5, 0.6) is 0 Å². The highest BCUT2D eigenvalue weighted by Crippen LogP contribution is 2.24. The first-order chi connectivity index (χ1) is 8.90. The summed E-state index contributed by atoms with van der Waals surface area (Å²) in [6, 6.07) is 2.92. The van der Waals surface area contributed by atoms with Crippen molar-refractivity contribution in [1.29, 1.82) is 0 Å². The third kappa shape index (κ3) is 3.01. The lowest BCUT2D eigenvalue weighted by atomic mass is 10.2. The summed E-state index contributed by atoms with van der Waals surface area (Å²) in [7, 11) is -3.06. The van der Waals surface area contributed by atoms with Gasteiger partial charge >= 0.3 is 5.69 Å². The van der Waals surface area contributed by atoms with E-state index >= 15 is 0 Å². The van der Waals surface area contributed by atoms with Gasteiger partial charge in [0.1, 0.15) is 0 Å². The number of nitrogens with one attached hydrogen (secondary N) is 1. The van der Waals surface area contributed by atoms with Crippen molar-refractivity contribution in [2.24, 2.45) is 0 Å². The molecule has 0 bridgehead atoms. The Morgan fingerprint density at radius 1 is 1.53 bits per heavy atom. The van der Waals surface area contributed by atoms with E-state index in [1.807, 2.05) is 0 Å². The van der Waals surface area contributed by atoms with Crippen LogP contribution in [0, 0.1) is 17.0 Å². The van der Waals surface area contributed by atoms with Gasteiger partial charge in [-0.15, -0.1) is 0 Å². The Bertz CT molecular complexity index is 600. The molecule has 2 heterocycles. The van der Waals surface area contributed by atoms with Gasteiger partial charge in [-0.1, -0.05) is 0 Å². The Morgan fingerprint density at radius 2 is 2.26 bits per heavy atom. The van der Waals surface area contributed by atoms with Crippen molar-refractivity contribution < 1.29 is 13.3 Å². The Morgan fingerprint density at radius 3 is 2.84 bits per heavy atom. The summed E-state index contributed by atoms with van der Waals surface area (Å²) in [5.41, 5.74) is 0.503. The number of aryl methyl sites for hydroxylation is 1. The molecule has 1 N–H and O–H groups in total. The number of hydrogen-bond donors (Lipinski definition) is 1. The molecule has 0 amide bonds. The number of nitro groups is 1. The molecule has 1 aromatic rings. The summed E-state index contributed by atoms with van der Waals surface area (Å²) in [6.07, 6.45) is 1.24. The molecule has 1 atom stereocenters. The van der Waals surface area contributed by atoms with Crippen molar-refractivity contribution in [3.8, 4) is 0 Å². The molecule has 1 aromatic heterocycles. The van der Waals surface area contributed by atoms with E-state index in [4.69, 9.17) is 0 Å². The second-order valence-corrected chi connectivity index (χ2v) is 6.99. The molecule has 7 nitrogen and oxygen atoms in total. The molecule has 0 spiro atoms. The fourth-order valence-electron chi connectivity index (χ4n) is 2.12. The summed E-state index contributed by atoms with van der Waals surface area (Å²) >= 11 is 0. The van der Waals surface area contributed by atoms with E-state index in [9.17, 15) is 18.5 Å². The Hall–Kier alpha value is -1.70. The lowest BCUT2D eigenvalue weighted by molar-refractivity contribution is -0.384. The first-order valence-electron chi connectivity index (χ1n) is 5.97. The number of pyridine rings is 1. The quantitative estimate of drug-likeness (QED) is 0.660. The first kappa shape index (κ1) is 13.7. The highest BCUT2D eigenvalue weighted by atomic mass is 32.2. The van der Waals surface area contributed by atoms with Gasteiger partial charge in [0, 0.05) is 18.3 Å². The normalized spacial score (nSPS) is 21.2. The van der Waals surface area contributed by atoms with Crippen LogP contribution in [-0.2, 0) is 9.84 Å². The molecule has 0 saturated carbocycles. The maximum atomic E-state index is 11.7. The molecule has 0 radical (unpaired) electrons. The SMILES string of the molecule is Cc1ccc([N+](=O)[O-])c(NCC2CCCS2(=O)=O)n1. The second kappa shape index (κ2) is 5.12. The van der Waals surface area contributed by atoms with E-state index in [0.29, 0.717) is 18.5 Å². The summed E-state index contributed by atoms with van der Waals surface area (Å²) in [5.74, 6) is 0.329. The Balaban J connectivity index is 2.15. The molecule has 1 aliphatic rings. The van der Waals surface area contributed by atoms with Crippen LogP contribution in [0.4, 0.5) is 11.5 Å². The van der Waals surface area contributed by atoms with Gasteiger partial charge in [-0.2, -0.15) is 0 Å². The van der Waals surface area contributed by atoms with Crippen LogP contribution in [0.2, 0.25) is 0 Å². The fourth-order valence-corrected chi connectivity index (χ4v) is 3.89. The molecule has 0 aromatic carbocycles. The van der Waals surface area contributed by atoms with Gasteiger partial charge in [0.25, 0.3) is 0 Å². The van der Waals surface area contributed by atoms with Gasteiger partial charge in [-0.25, -0.2) is 13.4 Å². The first-order valence-corrected chi connectivity index (χ1v) is 7.69. The second-order valence-electron chi connectivity index (χ2n) is 4.59. The molecule has 1 unspecified atom stereocenters. The monoisotopic (exact) mass is 285 g/mol. The van der Waals surface area contributed by atoms with Gasteiger partial charge in [0.05, 0.1) is 15.9 Å². The number of nitrogens with zero attached hydrogens (tertiary/aromatic N) is 2. The molecule has 1 fully saturated rings. The van der Waals surface area contributed by atoms with Crippen molar-refractivity contribution in [3.63, 3.8) is 0 Å². The van der Waals surface area contributed by atoms with E-state index in [1.54, 1.807) is 13.0 Å². The summed E-state index contributed by atoms with van der Waals surface area (Å²) in [4.78, 5) is 14.4. The zero-order valence-corrected chi connectivity index (χ0v) is 11.3. The van der Waals surface area contributed by atoms with Crippen molar-refractivity contribution >= 4 is 21.3 Å². The van der Waals surface area contributed by atoms with Crippen molar-refractivity contribution in [3.05, 3.63) is 27.9 Å². The molecule has 19 heavy (non-hydrogen) atoms. The van der Waals surface area contributed by atoms with Gasteiger partial charge in [0.15, 0.2) is 9.84 Å². The molecule has 1 aliphatic heterocycles. The molecular weight excluding hydrogens is 270 g/mol. The lowest BCUT2D eigenvalue weighted by Gasteiger charge is -2.11. The van der Waals surface area contributed by atoms with E-state index in [-0.39, 0.29) is 23.8 Å². The average molecular weight is 285 g/mol. The maximum Gasteiger partial charge on any atom is 0.311 e. The van der Waals surface area contributed by atoms with Gasteiger partial charge in [-0.05, 0) is 25.8 Å². The fraction of sp³-hybridized carbons (Fsp3) is 0.545. The van der Waals surface area contributed by atoms with Crippen LogP contribution in [0.25, 0.3) is 0 Å². The van der Waals surface area contributed by atoms with Crippen LogP contribution < -0.4 is 5.32 Å². The summed E-state index contributed by atoms with van der Waals surface area (Å²) in [5, 5.41) is 13.2. The summed E-state index contributed by atoms with van der Waals surface area (Å²) < 4.78 is 23.3. The maximum absolute atomic E-state index is 11.7. The minimum atomic E-state index is -3.06. The molecule has 2 rings (SSSR count). The summed E-state index contributed by atoms with van der Waals surface area (Å²) in [6.45, 7) is 1.89. The van der Waals surface area contributed by atoms with Crippen molar-refractivity contribution in [2.45, 2.75) is 25.0 Å². The van der Waals surface area contributed by atoms with Crippen LogP contribution in [-0.4, -0.2) is 35.9 Å². The van der Waals surface area contributed by atoms with Crippen LogP contribution in [0.15, 0.2) is 12.1 Å². The third-order valence-electron chi connectivity index (χ3n) is 3.17. The number of aromatic nitrogens is 1. The Labute approximate surface area is 111 Å². The average Bonchev–Trinajstić information content (AvgIpc) is 2.65. The van der Waals surface area contributed by atoms with Gasteiger partial charge < -0.3 is 5.32 Å². The number of hydrogen-bond acceptors (Lipinski definition) is 6. The molecule has 8 heteroatoms. The largest absolute Gasteiger partial charge is 0.363 e. The minimum absolute atomic E-state index is 0.132. The zero-order chi connectivity index (χ0) is 14.0. The van der Waals surface area contributed by atoms with E-state index in [1.165, 1.54) is 6.07 Å². The highest BCUT2D eigenvalue weighted by molar-refractivity contribution is 7.92. The van der Waals surface area contributed by atoms with Crippen molar-refractivity contribution in [2.75, 3.05) is 17.6 Å². The van der Waals surface area contributed by atoms with Gasteiger partial charge in [-0.3, -0.25) is 10.1 Å². The van der Waals surface area contributed by atoms with Crippen molar-refractivity contribution in [1.82, 2.24) is 4.98 Å².